The third-order valence-corrected chi connectivity index (χ3v) is 0. The molecule has 0 aromatic carbocycles. The largest absolute Gasteiger partial charge is 0.255 e. The summed E-state index contributed by atoms with van der Waals surface area (Å²) in [7, 11) is 0. The lowest BCUT2D eigenvalue weighted by atomic mass is 12.0. The third kappa shape index (κ3) is 279. The molecule has 0 atom stereocenters. The Morgan fingerprint density at radius 1 is 0.500 bits per heavy atom. The SMILES string of the molecule is C.C.O=O.O=O.OO.OO. The molecular formula is C2H12O8. The molecule has 0 saturated heterocycles. The van der Waals surface area contributed by atoms with Crippen LogP contribution in [0.3, 0.4) is 0 Å². The van der Waals surface area contributed by atoms with E-state index < -0.39 is 0 Å². The van der Waals surface area contributed by atoms with E-state index in [1.165, 1.54) is 0 Å². The van der Waals surface area contributed by atoms with E-state index in [0.29, 0.717) is 0 Å². The highest BCUT2D eigenvalue weighted by Gasteiger charge is 0.748. The summed E-state index contributed by atoms with van der Waals surface area (Å²) in [4.78, 5) is 28.0. The standard InChI is InChI=1S/2CH4.2H2O2.2O2/c;;4*1-2/h2*1H4;2*1-2H;;. The molecule has 0 aliphatic heterocycles. The van der Waals surface area contributed by atoms with E-state index in [4.69, 9.17) is 40.9 Å². The van der Waals surface area contributed by atoms with Gasteiger partial charge in [0.05, 0.1) is 0 Å². The lowest BCUT2D eigenvalue weighted by Crippen LogP contribution is -1.29. The van der Waals surface area contributed by atoms with Gasteiger partial charge < -0.3 is 0 Å². The molecule has 0 radical (unpaired) electrons. The van der Waals surface area contributed by atoms with Crippen molar-refractivity contribution in [3.05, 3.63) is 19.9 Å². The van der Waals surface area contributed by atoms with Crippen LogP contribution in [0.2, 0.25) is 0 Å². The fourth-order valence-electron chi connectivity index (χ4n) is 0. The van der Waals surface area contributed by atoms with Crippen molar-refractivity contribution in [1.29, 1.82) is 0 Å². The van der Waals surface area contributed by atoms with Crippen molar-refractivity contribution in [2.45, 2.75) is 14.9 Å². The van der Waals surface area contributed by atoms with Crippen LogP contribution in [0, 0.1) is 19.9 Å². The topological polar surface area (TPSA) is 149 Å². The molecule has 0 unspecified atom stereocenters. The Morgan fingerprint density at radius 2 is 0.500 bits per heavy atom. The molecule has 0 fully saturated rings. The van der Waals surface area contributed by atoms with Crippen LogP contribution < -0.4 is 0 Å². The molecule has 0 spiro atoms. The molecule has 0 aromatic rings. The highest BCUT2D eigenvalue weighted by Crippen LogP contribution is 0.743. The van der Waals surface area contributed by atoms with E-state index in [9.17, 15) is 0 Å². The smallest absolute Gasteiger partial charge is 0 e. The van der Waals surface area contributed by atoms with E-state index in [-0.39, 0.29) is 14.9 Å². The molecule has 0 aromatic heterocycles. The van der Waals surface area contributed by atoms with Crippen LogP contribution in [-0.2, 0) is 0 Å². The van der Waals surface area contributed by atoms with E-state index in [1.54, 1.807) is 0 Å². The fourth-order valence-corrected chi connectivity index (χ4v) is 0. The lowest BCUT2D eigenvalue weighted by Gasteiger charge is -1.25. The highest BCUT2D eigenvalue weighted by atomic mass is 17.0. The van der Waals surface area contributed by atoms with Crippen LogP contribution in [0.25, 0.3) is 0 Å². The van der Waals surface area contributed by atoms with Gasteiger partial charge in [0.15, 0.2) is 0 Å². The van der Waals surface area contributed by atoms with Crippen molar-refractivity contribution in [2.75, 3.05) is 0 Å². The Kier molecular flexibility index (Phi) is 2730. The molecular weight excluding hydrogens is 152 g/mol. The van der Waals surface area contributed by atoms with Crippen molar-refractivity contribution in [3.8, 4) is 0 Å². The Hall–Kier alpha value is -0.960. The Balaban J connectivity index is -0.00000000500. The van der Waals surface area contributed by atoms with Gasteiger partial charge in [0.2, 0.25) is 0 Å². The van der Waals surface area contributed by atoms with Gasteiger partial charge in [-0.25, -0.2) is 0 Å². The number of rotatable bonds is 0. The van der Waals surface area contributed by atoms with Gasteiger partial charge in [0, 0.05) is 19.9 Å². The molecule has 10 heavy (non-hydrogen) atoms. The van der Waals surface area contributed by atoms with Gasteiger partial charge in [0.1, 0.15) is 0 Å². The molecule has 4 N–H and O–H groups in total. The Labute approximate surface area is 57.0 Å². The minimum absolute atomic E-state index is 0. The van der Waals surface area contributed by atoms with Crippen LogP contribution in [0.5, 0.6) is 0 Å². The van der Waals surface area contributed by atoms with Gasteiger partial charge in [-0.3, -0.25) is 21.0 Å². The highest BCUT2D eigenvalue weighted by molar-refractivity contribution is 4.08. The fraction of sp³-hybridized carbons (Fsp3) is 1.00. The normalized spacial score (nSPS) is 2.00. The van der Waals surface area contributed by atoms with Crippen LogP contribution in [0.4, 0.5) is 0 Å². The van der Waals surface area contributed by atoms with Crippen molar-refractivity contribution < 1.29 is 21.0 Å². The zero-order valence-electron chi connectivity index (χ0n) is 3.42. The first-order valence-corrected chi connectivity index (χ1v) is 0.733. The van der Waals surface area contributed by atoms with Crippen molar-refractivity contribution in [3.63, 3.8) is 0 Å². The summed E-state index contributed by atoms with van der Waals surface area (Å²) < 4.78 is 0. The van der Waals surface area contributed by atoms with Crippen molar-refractivity contribution >= 4 is 0 Å². The monoisotopic (exact) mass is 164 g/mol. The molecule has 0 aliphatic rings. The van der Waals surface area contributed by atoms with Gasteiger partial charge in [-0.15, -0.1) is 0 Å². The second-order valence-electron chi connectivity index (χ2n) is 0. The van der Waals surface area contributed by atoms with Gasteiger partial charge in [-0.1, -0.05) is 14.9 Å². The average Bonchev–Trinajstić information content (AvgIpc) is 2.03. The predicted octanol–water partition coefficient (Wildman–Crippen LogP) is 1.44. The average molecular weight is 164 g/mol. The third-order valence-electron chi connectivity index (χ3n) is 0. The predicted molar refractivity (Wildman–Crippen MR) is 37.4 cm³/mol. The maximum Gasteiger partial charge on any atom is 0 e. The van der Waals surface area contributed by atoms with Crippen LogP contribution in [0.1, 0.15) is 14.9 Å². The Morgan fingerprint density at radius 3 is 0.500 bits per heavy atom. The van der Waals surface area contributed by atoms with Crippen LogP contribution >= 0.6 is 0 Å². The van der Waals surface area contributed by atoms with Gasteiger partial charge in [-0.05, 0) is 0 Å². The van der Waals surface area contributed by atoms with Gasteiger partial charge >= 0.3 is 0 Å². The first-order valence-electron chi connectivity index (χ1n) is 0.733. The summed E-state index contributed by atoms with van der Waals surface area (Å²) in [5.74, 6) is 0. The zero-order chi connectivity index (χ0) is 8.00. The van der Waals surface area contributed by atoms with E-state index >= 15 is 0 Å². The summed E-state index contributed by atoms with van der Waals surface area (Å²) in [6, 6.07) is 0. The second-order valence-corrected chi connectivity index (χ2v) is 0. The zero-order valence-corrected chi connectivity index (χ0v) is 3.42. The molecule has 8 heteroatoms. The van der Waals surface area contributed by atoms with Crippen molar-refractivity contribution in [1.82, 2.24) is 0 Å². The van der Waals surface area contributed by atoms with Crippen LogP contribution in [0.15, 0.2) is 0 Å². The first kappa shape index (κ1) is 63.2. The Bertz CT molecular complexity index is 9.22. The summed E-state index contributed by atoms with van der Waals surface area (Å²) in [5, 5.41) is 24.0. The molecule has 8 nitrogen and oxygen atoms in total. The second kappa shape index (κ2) is 432. The maximum absolute atomic E-state index is 7.00. The van der Waals surface area contributed by atoms with E-state index in [2.05, 4.69) is 0 Å². The van der Waals surface area contributed by atoms with Gasteiger partial charge in [-0.2, -0.15) is 0 Å². The minimum atomic E-state index is 0. The van der Waals surface area contributed by atoms with E-state index in [0.717, 1.165) is 0 Å². The molecule has 68 valence electrons. The van der Waals surface area contributed by atoms with Crippen molar-refractivity contribution in [2.24, 2.45) is 0 Å². The summed E-state index contributed by atoms with van der Waals surface area (Å²) in [5.41, 5.74) is 0. The summed E-state index contributed by atoms with van der Waals surface area (Å²) >= 11 is 0. The summed E-state index contributed by atoms with van der Waals surface area (Å²) in [6.45, 7) is 0. The first-order chi connectivity index (χ1) is 4.00. The minimum Gasteiger partial charge on any atom is -0.255 e. The molecule has 0 saturated carbocycles. The van der Waals surface area contributed by atoms with Crippen LogP contribution in [-0.4, -0.2) is 21.0 Å². The lowest BCUT2D eigenvalue weighted by molar-refractivity contribution is -0.176. The van der Waals surface area contributed by atoms with E-state index in [1.807, 2.05) is 0 Å². The number of hydrogen-bond donors (Lipinski definition) is 4. The summed E-state index contributed by atoms with van der Waals surface area (Å²) in [6.07, 6.45) is 0. The molecule has 0 rings (SSSR count). The van der Waals surface area contributed by atoms with Gasteiger partial charge in [0.25, 0.3) is 0 Å². The molecule has 0 heterocycles. The molecule has 0 bridgehead atoms. The maximum atomic E-state index is 7.00. The number of hydrogen-bond acceptors (Lipinski definition) is 8. The molecule has 0 aliphatic carbocycles. The quantitative estimate of drug-likeness (QED) is 0.310. The molecule has 0 amide bonds.